The number of carbonyl (C=O) groups is 1. The van der Waals surface area contributed by atoms with Gasteiger partial charge in [0, 0.05) is 30.3 Å². The summed E-state index contributed by atoms with van der Waals surface area (Å²) in [6, 6.07) is 6.06. The summed E-state index contributed by atoms with van der Waals surface area (Å²) in [5.74, 6) is 0.244. The monoisotopic (exact) mass is 233 g/mol. The van der Waals surface area contributed by atoms with E-state index in [1.54, 1.807) is 0 Å². The first-order chi connectivity index (χ1) is 8.25. The molecule has 1 amide bonds. The Kier molecular flexibility index (Phi) is 4.09. The Morgan fingerprint density at radius 1 is 1.53 bits per heavy atom. The number of amides is 1. The van der Waals surface area contributed by atoms with E-state index in [-0.39, 0.29) is 5.91 Å². The van der Waals surface area contributed by atoms with Crippen molar-refractivity contribution in [3.63, 3.8) is 0 Å². The molecule has 1 aromatic rings. The summed E-state index contributed by atoms with van der Waals surface area (Å²) in [5, 5.41) is 3.39. The zero-order valence-corrected chi connectivity index (χ0v) is 9.98. The molecule has 0 spiro atoms. The second kappa shape index (κ2) is 5.77. The molecule has 0 radical (unpaired) electrons. The van der Waals surface area contributed by atoms with E-state index >= 15 is 0 Å². The van der Waals surface area contributed by atoms with Crippen molar-refractivity contribution in [3.8, 4) is 0 Å². The Morgan fingerprint density at radius 3 is 3.12 bits per heavy atom. The van der Waals surface area contributed by atoms with Crippen LogP contribution in [0.25, 0.3) is 0 Å². The molecule has 2 heterocycles. The van der Waals surface area contributed by atoms with Crippen LogP contribution in [0.4, 0.5) is 0 Å². The number of nitrogens with one attached hydrogen (secondary N) is 1. The molecule has 1 saturated heterocycles. The Hall–Kier alpha value is -1.42. The molecule has 1 aromatic heterocycles. The van der Waals surface area contributed by atoms with Gasteiger partial charge < -0.3 is 11.1 Å². The van der Waals surface area contributed by atoms with Gasteiger partial charge in [-0.2, -0.15) is 0 Å². The van der Waals surface area contributed by atoms with Gasteiger partial charge in [0.05, 0.1) is 0 Å². The zero-order chi connectivity index (χ0) is 12.1. The van der Waals surface area contributed by atoms with E-state index in [2.05, 4.69) is 16.4 Å². The number of hydrogen-bond acceptors (Lipinski definition) is 3. The first kappa shape index (κ1) is 12.0. The summed E-state index contributed by atoms with van der Waals surface area (Å²) in [7, 11) is 0. The predicted octanol–water partition coefficient (Wildman–Crippen LogP) is 0.966. The molecule has 0 aromatic carbocycles. The number of rotatable bonds is 4. The summed E-state index contributed by atoms with van der Waals surface area (Å²) in [6.45, 7) is 2.12. The molecule has 4 heteroatoms. The normalized spacial score (nSPS) is 20.1. The standard InChI is InChI=1S/C13H19N3O/c14-13(17)7-6-11-4-1-5-12(16-11)10-3-2-8-15-9-10/h1,4-5,10,15H,2-3,6-9H2,(H2,14,17)/t10-/m1/s1. The predicted molar refractivity (Wildman–Crippen MR) is 66.6 cm³/mol. The topological polar surface area (TPSA) is 68.0 Å². The number of pyridine rings is 1. The van der Waals surface area contributed by atoms with E-state index in [1.807, 2.05) is 12.1 Å². The molecule has 92 valence electrons. The van der Waals surface area contributed by atoms with Gasteiger partial charge in [-0.1, -0.05) is 6.07 Å². The van der Waals surface area contributed by atoms with Crippen molar-refractivity contribution < 1.29 is 4.79 Å². The van der Waals surface area contributed by atoms with E-state index in [1.165, 1.54) is 12.8 Å². The Balaban J connectivity index is 2.02. The maximum atomic E-state index is 10.7. The lowest BCUT2D eigenvalue weighted by Gasteiger charge is -2.22. The summed E-state index contributed by atoms with van der Waals surface area (Å²) < 4.78 is 0. The smallest absolute Gasteiger partial charge is 0.217 e. The van der Waals surface area contributed by atoms with Gasteiger partial charge in [0.1, 0.15) is 0 Å². The molecular formula is C13H19N3O. The minimum absolute atomic E-state index is 0.267. The molecule has 1 atom stereocenters. The maximum absolute atomic E-state index is 10.7. The third-order valence-electron chi connectivity index (χ3n) is 3.17. The van der Waals surface area contributed by atoms with Gasteiger partial charge in [-0.25, -0.2) is 0 Å². The van der Waals surface area contributed by atoms with Crippen LogP contribution in [0.2, 0.25) is 0 Å². The lowest BCUT2D eigenvalue weighted by atomic mass is 9.95. The highest BCUT2D eigenvalue weighted by Crippen LogP contribution is 2.21. The average molecular weight is 233 g/mol. The number of nitrogens with zero attached hydrogens (tertiary/aromatic N) is 1. The number of nitrogens with two attached hydrogens (primary N) is 1. The molecule has 0 aliphatic carbocycles. The van der Waals surface area contributed by atoms with Gasteiger partial charge in [0.25, 0.3) is 0 Å². The Bertz CT molecular complexity index is 386. The van der Waals surface area contributed by atoms with Crippen LogP contribution in [0, 0.1) is 0 Å². The number of hydrogen-bond donors (Lipinski definition) is 2. The molecular weight excluding hydrogens is 214 g/mol. The lowest BCUT2D eigenvalue weighted by molar-refractivity contribution is -0.118. The molecule has 2 rings (SSSR count). The minimum atomic E-state index is -0.267. The van der Waals surface area contributed by atoms with Crippen molar-refractivity contribution in [2.24, 2.45) is 5.73 Å². The van der Waals surface area contributed by atoms with Crippen LogP contribution < -0.4 is 11.1 Å². The Labute approximate surface area is 102 Å². The van der Waals surface area contributed by atoms with E-state index in [4.69, 9.17) is 5.73 Å². The van der Waals surface area contributed by atoms with Crippen molar-refractivity contribution in [3.05, 3.63) is 29.6 Å². The number of aryl methyl sites for hydroxylation is 1. The summed E-state index contributed by atoms with van der Waals surface area (Å²) in [6.07, 6.45) is 3.42. The van der Waals surface area contributed by atoms with Crippen molar-refractivity contribution in [2.45, 2.75) is 31.6 Å². The van der Waals surface area contributed by atoms with Crippen molar-refractivity contribution >= 4 is 5.91 Å². The summed E-state index contributed by atoms with van der Waals surface area (Å²) in [4.78, 5) is 15.4. The van der Waals surface area contributed by atoms with E-state index in [9.17, 15) is 4.79 Å². The second-order valence-electron chi connectivity index (χ2n) is 4.56. The molecule has 1 aliphatic rings. The Morgan fingerprint density at radius 2 is 2.41 bits per heavy atom. The lowest BCUT2D eigenvalue weighted by Crippen LogP contribution is -2.28. The highest BCUT2D eigenvalue weighted by Gasteiger charge is 2.16. The minimum Gasteiger partial charge on any atom is -0.370 e. The fraction of sp³-hybridized carbons (Fsp3) is 0.538. The highest BCUT2D eigenvalue weighted by atomic mass is 16.1. The zero-order valence-electron chi connectivity index (χ0n) is 9.98. The van der Waals surface area contributed by atoms with E-state index in [0.717, 1.165) is 24.5 Å². The van der Waals surface area contributed by atoms with E-state index in [0.29, 0.717) is 18.8 Å². The molecule has 17 heavy (non-hydrogen) atoms. The molecule has 0 unspecified atom stereocenters. The van der Waals surface area contributed by atoms with Crippen molar-refractivity contribution in [1.82, 2.24) is 10.3 Å². The van der Waals surface area contributed by atoms with Crippen molar-refractivity contribution in [2.75, 3.05) is 13.1 Å². The summed E-state index contributed by atoms with van der Waals surface area (Å²) >= 11 is 0. The van der Waals surface area contributed by atoms with Gasteiger partial charge in [-0.3, -0.25) is 9.78 Å². The first-order valence-electron chi connectivity index (χ1n) is 6.20. The van der Waals surface area contributed by atoms with Crippen LogP contribution in [-0.2, 0) is 11.2 Å². The van der Waals surface area contributed by atoms with Crippen LogP contribution in [-0.4, -0.2) is 24.0 Å². The molecule has 4 nitrogen and oxygen atoms in total. The van der Waals surface area contributed by atoms with Gasteiger partial charge in [-0.05, 0) is 37.9 Å². The fourth-order valence-electron chi connectivity index (χ4n) is 2.22. The van der Waals surface area contributed by atoms with Gasteiger partial charge >= 0.3 is 0 Å². The van der Waals surface area contributed by atoms with Crippen molar-refractivity contribution in [1.29, 1.82) is 0 Å². The number of primary amides is 1. The van der Waals surface area contributed by atoms with Crippen LogP contribution in [0.5, 0.6) is 0 Å². The highest BCUT2D eigenvalue weighted by molar-refractivity contribution is 5.73. The molecule has 3 N–H and O–H groups in total. The van der Waals surface area contributed by atoms with E-state index < -0.39 is 0 Å². The molecule has 0 bridgehead atoms. The average Bonchev–Trinajstić information content (AvgIpc) is 2.38. The van der Waals surface area contributed by atoms with Gasteiger partial charge in [0.15, 0.2) is 0 Å². The van der Waals surface area contributed by atoms with Crippen LogP contribution in [0.1, 0.15) is 36.6 Å². The summed E-state index contributed by atoms with van der Waals surface area (Å²) in [5.41, 5.74) is 7.25. The third-order valence-corrected chi connectivity index (χ3v) is 3.17. The number of aromatic nitrogens is 1. The molecule has 1 fully saturated rings. The number of carbonyl (C=O) groups excluding carboxylic acids is 1. The van der Waals surface area contributed by atoms with Crippen LogP contribution in [0.3, 0.4) is 0 Å². The fourth-order valence-corrected chi connectivity index (χ4v) is 2.22. The SMILES string of the molecule is NC(=O)CCc1cccc([C@@H]2CCCNC2)n1. The third kappa shape index (κ3) is 3.53. The largest absolute Gasteiger partial charge is 0.370 e. The van der Waals surface area contributed by atoms with Crippen LogP contribution in [0.15, 0.2) is 18.2 Å². The number of piperidine rings is 1. The maximum Gasteiger partial charge on any atom is 0.217 e. The first-order valence-corrected chi connectivity index (χ1v) is 6.20. The second-order valence-corrected chi connectivity index (χ2v) is 4.56. The van der Waals surface area contributed by atoms with Crippen LogP contribution >= 0.6 is 0 Å². The van der Waals surface area contributed by atoms with Gasteiger partial charge in [-0.15, -0.1) is 0 Å². The molecule has 1 aliphatic heterocycles. The molecule has 0 saturated carbocycles. The quantitative estimate of drug-likeness (QED) is 0.814. The van der Waals surface area contributed by atoms with Gasteiger partial charge in [0.2, 0.25) is 5.91 Å².